The summed E-state index contributed by atoms with van der Waals surface area (Å²) >= 11 is 0. The van der Waals surface area contributed by atoms with Crippen LogP contribution in [0.15, 0.2) is 59.6 Å². The Morgan fingerprint density at radius 1 is 1.03 bits per heavy atom. The number of nitrogens with zero attached hydrogens (tertiary/aromatic N) is 2. The number of benzodiazepines with no additional fused rings is 1. The Bertz CT molecular complexity index is 1020. The van der Waals surface area contributed by atoms with E-state index in [-0.39, 0.29) is 11.8 Å². The van der Waals surface area contributed by atoms with Crippen molar-refractivity contribution in [1.82, 2.24) is 10.6 Å². The van der Waals surface area contributed by atoms with Gasteiger partial charge in [-0.3, -0.25) is 14.4 Å². The fourth-order valence-corrected chi connectivity index (χ4v) is 3.79. The van der Waals surface area contributed by atoms with Crippen LogP contribution in [0.25, 0.3) is 0 Å². The summed E-state index contributed by atoms with van der Waals surface area (Å²) in [6, 6.07) is 16.3. The average molecular weight is 449 g/mol. The third-order valence-corrected chi connectivity index (χ3v) is 5.70. The number of fused-ring (bicyclic) bond motifs is 1. The lowest BCUT2D eigenvalue weighted by Crippen LogP contribution is -2.52. The number of aliphatic imine (C=N–C) groups is 1. The Morgan fingerprint density at radius 3 is 2.45 bits per heavy atom. The molecular formula is C26H32N4O3. The zero-order chi connectivity index (χ0) is 23.8. The second-order valence-corrected chi connectivity index (χ2v) is 8.27. The van der Waals surface area contributed by atoms with Gasteiger partial charge < -0.3 is 15.5 Å². The van der Waals surface area contributed by atoms with Crippen molar-refractivity contribution in [3.63, 3.8) is 0 Å². The smallest absolute Gasteiger partial charge is 0.272 e. The largest absolute Gasteiger partial charge is 0.345 e. The third kappa shape index (κ3) is 6.06. The zero-order valence-corrected chi connectivity index (χ0v) is 19.5. The predicted molar refractivity (Wildman–Crippen MR) is 130 cm³/mol. The molecule has 7 heteroatoms. The first-order chi connectivity index (χ1) is 15.9. The van der Waals surface area contributed by atoms with E-state index in [1.165, 1.54) is 4.90 Å². The number of amides is 3. The number of anilines is 1. The molecule has 2 N–H and O–H groups in total. The maximum absolute atomic E-state index is 13.2. The molecule has 1 aliphatic heterocycles. The van der Waals surface area contributed by atoms with E-state index < -0.39 is 18.1 Å². The van der Waals surface area contributed by atoms with Crippen LogP contribution in [0.4, 0.5) is 5.69 Å². The van der Waals surface area contributed by atoms with Gasteiger partial charge in [0.05, 0.1) is 11.4 Å². The molecule has 2 aromatic carbocycles. The maximum atomic E-state index is 13.2. The summed E-state index contributed by atoms with van der Waals surface area (Å²) in [4.78, 5) is 44.4. The number of nitrogens with one attached hydrogen (secondary N) is 2. The van der Waals surface area contributed by atoms with Crippen LogP contribution in [0.2, 0.25) is 0 Å². The molecule has 1 aliphatic rings. The molecule has 0 radical (unpaired) electrons. The Labute approximate surface area is 195 Å². The summed E-state index contributed by atoms with van der Waals surface area (Å²) in [5, 5.41) is 5.45. The van der Waals surface area contributed by atoms with Crippen LogP contribution in [-0.2, 0) is 14.4 Å². The minimum Gasteiger partial charge on any atom is -0.345 e. The van der Waals surface area contributed by atoms with Gasteiger partial charge in [-0.1, -0.05) is 74.7 Å². The second-order valence-electron chi connectivity index (χ2n) is 8.27. The standard InChI is InChI=1S/C26H32N4O3/c1-4-5-6-10-17-22(31)27-18(2)25(32)29-24-26(33)30(3)21-16-12-11-15-20(21)23(28-24)19-13-8-7-9-14-19/h7-9,11-16,18,24H,4-6,10,17H2,1-3H3,(H,27,31)(H,29,32)/t18?,24-/m1/s1. The molecule has 0 saturated carbocycles. The van der Waals surface area contributed by atoms with E-state index in [9.17, 15) is 14.4 Å². The van der Waals surface area contributed by atoms with E-state index in [1.54, 1.807) is 14.0 Å². The van der Waals surface area contributed by atoms with Gasteiger partial charge in [0.2, 0.25) is 18.0 Å². The van der Waals surface area contributed by atoms with Crippen LogP contribution in [0.3, 0.4) is 0 Å². The first kappa shape index (κ1) is 24.2. The summed E-state index contributed by atoms with van der Waals surface area (Å²) in [5.74, 6) is -0.968. The molecule has 33 heavy (non-hydrogen) atoms. The molecule has 0 spiro atoms. The van der Waals surface area contributed by atoms with Crippen LogP contribution in [0, 0.1) is 0 Å². The fraction of sp³-hybridized carbons (Fsp3) is 0.385. The van der Waals surface area contributed by atoms with Gasteiger partial charge in [-0.25, -0.2) is 4.99 Å². The van der Waals surface area contributed by atoms with E-state index in [0.29, 0.717) is 12.1 Å². The van der Waals surface area contributed by atoms with E-state index in [1.807, 2.05) is 54.6 Å². The van der Waals surface area contributed by atoms with Gasteiger partial charge >= 0.3 is 0 Å². The van der Waals surface area contributed by atoms with Gasteiger partial charge in [0, 0.05) is 24.6 Å². The second kappa shape index (κ2) is 11.4. The highest BCUT2D eigenvalue weighted by molar-refractivity contribution is 6.20. The maximum Gasteiger partial charge on any atom is 0.272 e. The lowest BCUT2D eigenvalue weighted by atomic mass is 10.0. The Balaban J connectivity index is 1.78. The van der Waals surface area contributed by atoms with Crippen LogP contribution in [-0.4, -0.2) is 42.7 Å². The molecule has 0 saturated heterocycles. The molecule has 1 heterocycles. The normalized spacial score (nSPS) is 16.3. The highest BCUT2D eigenvalue weighted by Gasteiger charge is 2.32. The Kier molecular flexibility index (Phi) is 8.35. The Morgan fingerprint density at radius 2 is 1.73 bits per heavy atom. The summed E-state index contributed by atoms with van der Waals surface area (Å²) in [6.07, 6.45) is 3.25. The molecular weight excluding hydrogens is 416 g/mol. The molecule has 0 bridgehead atoms. The van der Waals surface area contributed by atoms with Gasteiger partial charge in [-0.15, -0.1) is 0 Å². The summed E-state index contributed by atoms with van der Waals surface area (Å²) in [5.41, 5.74) is 3.00. The molecule has 0 aromatic heterocycles. The number of rotatable bonds is 9. The average Bonchev–Trinajstić information content (AvgIpc) is 2.93. The lowest BCUT2D eigenvalue weighted by Gasteiger charge is -2.22. The number of hydrogen-bond donors (Lipinski definition) is 2. The molecule has 0 fully saturated rings. The van der Waals surface area contributed by atoms with Crippen LogP contribution in [0.1, 0.15) is 57.1 Å². The van der Waals surface area contributed by atoms with E-state index in [2.05, 4.69) is 22.5 Å². The highest BCUT2D eigenvalue weighted by Crippen LogP contribution is 2.27. The first-order valence-electron chi connectivity index (χ1n) is 11.5. The van der Waals surface area contributed by atoms with Crippen molar-refractivity contribution in [2.45, 2.75) is 58.2 Å². The molecule has 174 valence electrons. The van der Waals surface area contributed by atoms with Crippen LogP contribution in [0.5, 0.6) is 0 Å². The highest BCUT2D eigenvalue weighted by atomic mass is 16.2. The van der Waals surface area contributed by atoms with Crippen molar-refractivity contribution in [2.75, 3.05) is 11.9 Å². The summed E-state index contributed by atoms with van der Waals surface area (Å²) < 4.78 is 0. The number of likely N-dealkylation sites (N-methyl/N-ethyl adjacent to an activating group) is 1. The van der Waals surface area contributed by atoms with Crippen molar-refractivity contribution >= 4 is 29.1 Å². The van der Waals surface area contributed by atoms with Gasteiger partial charge in [0.1, 0.15) is 6.04 Å². The number of benzene rings is 2. The molecule has 2 aromatic rings. The molecule has 0 aliphatic carbocycles. The summed E-state index contributed by atoms with van der Waals surface area (Å²) in [7, 11) is 1.67. The van der Waals surface area contributed by atoms with Gasteiger partial charge in [0.25, 0.3) is 5.91 Å². The van der Waals surface area contributed by atoms with Crippen molar-refractivity contribution < 1.29 is 14.4 Å². The van der Waals surface area contributed by atoms with Gasteiger partial charge in [0.15, 0.2) is 0 Å². The molecule has 1 unspecified atom stereocenters. The topological polar surface area (TPSA) is 90.9 Å². The number of carbonyl (C=O) groups excluding carboxylic acids is 3. The minimum absolute atomic E-state index is 0.168. The molecule has 7 nitrogen and oxygen atoms in total. The zero-order valence-electron chi connectivity index (χ0n) is 19.5. The SMILES string of the molecule is CCCCCCC(=O)NC(C)C(=O)N[C@H]1N=C(c2ccccc2)c2ccccc2N(C)C1=O. The van der Waals surface area contributed by atoms with E-state index >= 15 is 0 Å². The number of carbonyl (C=O) groups is 3. The van der Waals surface area contributed by atoms with E-state index in [0.717, 1.165) is 42.5 Å². The van der Waals surface area contributed by atoms with Crippen molar-refractivity contribution in [3.05, 3.63) is 65.7 Å². The predicted octanol–water partition coefficient (Wildman–Crippen LogP) is 3.42. The van der Waals surface area contributed by atoms with E-state index in [4.69, 9.17) is 0 Å². The first-order valence-corrected chi connectivity index (χ1v) is 11.5. The summed E-state index contributed by atoms with van der Waals surface area (Å²) in [6.45, 7) is 3.73. The number of unbranched alkanes of at least 4 members (excludes halogenated alkanes) is 3. The van der Waals surface area contributed by atoms with Gasteiger partial charge in [-0.2, -0.15) is 0 Å². The van der Waals surface area contributed by atoms with Crippen LogP contribution >= 0.6 is 0 Å². The van der Waals surface area contributed by atoms with Gasteiger partial charge in [-0.05, 0) is 19.4 Å². The van der Waals surface area contributed by atoms with Crippen molar-refractivity contribution in [3.8, 4) is 0 Å². The third-order valence-electron chi connectivity index (χ3n) is 5.70. The monoisotopic (exact) mass is 448 g/mol. The van der Waals surface area contributed by atoms with Crippen molar-refractivity contribution in [1.29, 1.82) is 0 Å². The minimum atomic E-state index is -1.10. The van der Waals surface area contributed by atoms with Crippen molar-refractivity contribution in [2.24, 2.45) is 4.99 Å². The number of para-hydroxylation sites is 1. The molecule has 3 rings (SSSR count). The Hall–Kier alpha value is -3.48. The molecule has 2 atom stereocenters. The van der Waals surface area contributed by atoms with Crippen LogP contribution < -0.4 is 15.5 Å². The fourth-order valence-electron chi connectivity index (χ4n) is 3.79. The lowest BCUT2D eigenvalue weighted by molar-refractivity contribution is -0.130. The molecule has 3 amide bonds. The quantitative estimate of drug-likeness (QED) is 0.576. The number of hydrogen-bond acceptors (Lipinski definition) is 4.